The highest BCUT2D eigenvalue weighted by Gasteiger charge is 2.26. The number of benzene rings is 1. The normalized spacial score (nSPS) is 12.1. The Morgan fingerprint density at radius 3 is 2.44 bits per heavy atom. The van der Waals surface area contributed by atoms with Crippen molar-refractivity contribution in [1.82, 2.24) is 16.2 Å². The van der Waals surface area contributed by atoms with Crippen LogP contribution in [0.5, 0.6) is 0 Å². The summed E-state index contributed by atoms with van der Waals surface area (Å²) < 4.78 is 32.1. The van der Waals surface area contributed by atoms with E-state index in [0.717, 1.165) is 0 Å². The van der Waals surface area contributed by atoms with E-state index in [2.05, 4.69) is 21.5 Å². The number of nitrogens with one attached hydrogen (secondary N) is 4. The molecule has 10 heteroatoms. The Labute approximate surface area is 162 Å². The maximum atomic E-state index is 13.5. The van der Waals surface area contributed by atoms with Gasteiger partial charge in [0.15, 0.2) is 5.11 Å². The van der Waals surface area contributed by atoms with E-state index in [-0.39, 0.29) is 10.7 Å². The van der Waals surface area contributed by atoms with Crippen LogP contribution in [-0.2, 0) is 9.53 Å². The van der Waals surface area contributed by atoms with Gasteiger partial charge in [-0.15, -0.1) is 0 Å². The van der Waals surface area contributed by atoms with Gasteiger partial charge in [0.05, 0.1) is 5.92 Å². The van der Waals surface area contributed by atoms with Gasteiger partial charge < -0.3 is 10.1 Å². The number of anilines is 1. The number of halogens is 2. The molecule has 1 atom stereocenters. The fourth-order valence-corrected chi connectivity index (χ4v) is 2.11. The Morgan fingerprint density at radius 1 is 1.22 bits per heavy atom. The quantitative estimate of drug-likeness (QED) is 0.447. The number of hydrogen-bond donors (Lipinski definition) is 4. The number of thiocarbonyl (C=S) groups is 1. The molecule has 0 aromatic heterocycles. The first-order chi connectivity index (χ1) is 12.5. The summed E-state index contributed by atoms with van der Waals surface area (Å²) in [6.45, 7) is 5.13. The first-order valence-corrected chi connectivity index (χ1v) is 8.57. The van der Waals surface area contributed by atoms with Crippen LogP contribution in [0.1, 0.15) is 38.7 Å². The summed E-state index contributed by atoms with van der Waals surface area (Å²) in [5.74, 6) is -2.00. The minimum absolute atomic E-state index is 0.153. The van der Waals surface area contributed by atoms with Crippen molar-refractivity contribution in [2.24, 2.45) is 0 Å². The molecule has 0 radical (unpaired) electrons. The van der Waals surface area contributed by atoms with Crippen LogP contribution in [0.3, 0.4) is 0 Å². The zero-order valence-electron chi connectivity index (χ0n) is 15.6. The van der Waals surface area contributed by atoms with Gasteiger partial charge in [0.2, 0.25) is 12.3 Å². The minimum atomic E-state index is -2.77. The standard InChI is InChI=1S/C17H24F2N4O3S/c1-17(2,3)26-16(25)21-11-7-5-6-10(8-11)12(14(18)19)9-13(24)22-23-15(27)20-4/h5-8,12,14H,9H2,1-4H3,(H,21,25)(H,22,24)(H2,20,23,27). The molecule has 1 unspecified atom stereocenters. The van der Waals surface area contributed by atoms with Gasteiger partial charge in [0, 0.05) is 19.2 Å². The fraction of sp³-hybridized carbons (Fsp3) is 0.471. The van der Waals surface area contributed by atoms with E-state index >= 15 is 0 Å². The number of carbonyl (C=O) groups excluding carboxylic acids is 2. The summed E-state index contributed by atoms with van der Waals surface area (Å²) in [7, 11) is 1.55. The lowest BCUT2D eigenvalue weighted by Crippen LogP contribution is -2.46. The van der Waals surface area contributed by atoms with Crippen LogP contribution < -0.4 is 21.5 Å². The number of alkyl halides is 2. The molecule has 2 amide bonds. The van der Waals surface area contributed by atoms with Gasteiger partial charge in [0.25, 0.3) is 0 Å². The van der Waals surface area contributed by atoms with Crippen LogP contribution in [0.15, 0.2) is 24.3 Å². The molecule has 1 rings (SSSR count). The maximum absolute atomic E-state index is 13.5. The van der Waals surface area contributed by atoms with E-state index in [1.54, 1.807) is 33.9 Å². The lowest BCUT2D eigenvalue weighted by molar-refractivity contribution is -0.122. The largest absolute Gasteiger partial charge is 0.444 e. The lowest BCUT2D eigenvalue weighted by atomic mass is 9.95. The Hall–Kier alpha value is -2.49. The number of ether oxygens (including phenoxy) is 1. The molecule has 0 saturated carbocycles. The van der Waals surface area contributed by atoms with Crippen LogP contribution in [0.2, 0.25) is 0 Å². The molecular formula is C17H24F2N4O3S. The van der Waals surface area contributed by atoms with Gasteiger partial charge >= 0.3 is 6.09 Å². The number of amides is 2. The summed E-state index contributed by atoms with van der Waals surface area (Å²) in [6, 6.07) is 5.92. The molecule has 0 bridgehead atoms. The minimum Gasteiger partial charge on any atom is -0.444 e. The Balaban J connectivity index is 2.82. The molecule has 0 saturated heterocycles. The second-order valence-electron chi connectivity index (χ2n) is 6.65. The van der Waals surface area contributed by atoms with Crippen molar-refractivity contribution in [1.29, 1.82) is 0 Å². The predicted molar refractivity (Wildman–Crippen MR) is 103 cm³/mol. The van der Waals surface area contributed by atoms with Gasteiger partial charge in [0.1, 0.15) is 5.60 Å². The predicted octanol–water partition coefficient (Wildman–Crippen LogP) is 2.90. The number of hydrazine groups is 1. The molecule has 1 aromatic carbocycles. The van der Waals surface area contributed by atoms with E-state index in [1.807, 2.05) is 0 Å². The molecule has 0 aliphatic heterocycles. The van der Waals surface area contributed by atoms with Gasteiger partial charge in [-0.25, -0.2) is 13.6 Å². The summed E-state index contributed by atoms with van der Waals surface area (Å²) in [4.78, 5) is 23.7. The molecule has 0 aliphatic rings. The SMILES string of the molecule is CNC(=S)NNC(=O)CC(c1cccc(NC(=O)OC(C)(C)C)c1)C(F)F. The zero-order chi connectivity index (χ0) is 20.6. The van der Waals surface area contributed by atoms with Gasteiger partial charge in [-0.3, -0.25) is 21.0 Å². The van der Waals surface area contributed by atoms with E-state index in [1.165, 1.54) is 18.2 Å². The first kappa shape index (κ1) is 22.6. The summed E-state index contributed by atoms with van der Waals surface area (Å²) in [5.41, 5.74) is 4.45. The Morgan fingerprint density at radius 2 is 1.89 bits per heavy atom. The first-order valence-electron chi connectivity index (χ1n) is 8.16. The second kappa shape index (κ2) is 10.0. The van der Waals surface area contributed by atoms with Crippen LogP contribution in [0, 0.1) is 0 Å². The summed E-state index contributed by atoms with van der Waals surface area (Å²) in [6.07, 6.45) is -3.94. The number of hydrogen-bond acceptors (Lipinski definition) is 4. The fourth-order valence-electron chi connectivity index (χ4n) is 2.06. The highest BCUT2D eigenvalue weighted by molar-refractivity contribution is 7.80. The van der Waals surface area contributed by atoms with E-state index in [9.17, 15) is 18.4 Å². The van der Waals surface area contributed by atoms with Crippen molar-refractivity contribution in [2.45, 2.75) is 45.1 Å². The smallest absolute Gasteiger partial charge is 0.412 e. The van der Waals surface area contributed by atoms with Crippen molar-refractivity contribution >= 4 is 35.0 Å². The molecule has 0 fully saturated rings. The zero-order valence-corrected chi connectivity index (χ0v) is 16.4. The van der Waals surface area contributed by atoms with Gasteiger partial charge in [-0.05, 0) is 50.7 Å². The third-order valence-corrected chi connectivity index (χ3v) is 3.52. The molecule has 0 heterocycles. The average Bonchev–Trinajstić information content (AvgIpc) is 2.55. The molecule has 0 spiro atoms. The van der Waals surface area contributed by atoms with Crippen molar-refractivity contribution < 1.29 is 23.1 Å². The molecular weight excluding hydrogens is 378 g/mol. The van der Waals surface area contributed by atoms with Crippen molar-refractivity contribution in [2.75, 3.05) is 12.4 Å². The van der Waals surface area contributed by atoms with Crippen LogP contribution in [0.4, 0.5) is 19.3 Å². The Bertz CT molecular complexity index is 680. The van der Waals surface area contributed by atoms with Crippen molar-refractivity contribution in [3.05, 3.63) is 29.8 Å². The van der Waals surface area contributed by atoms with Gasteiger partial charge in [-0.2, -0.15) is 0 Å². The van der Waals surface area contributed by atoms with Crippen LogP contribution in [-0.4, -0.2) is 36.2 Å². The average molecular weight is 402 g/mol. The van der Waals surface area contributed by atoms with Crippen LogP contribution in [0.25, 0.3) is 0 Å². The van der Waals surface area contributed by atoms with E-state index < -0.39 is 36.4 Å². The maximum Gasteiger partial charge on any atom is 0.412 e. The summed E-state index contributed by atoms with van der Waals surface area (Å²) in [5, 5.41) is 5.22. The molecule has 0 aliphatic carbocycles. The van der Waals surface area contributed by atoms with E-state index in [4.69, 9.17) is 17.0 Å². The van der Waals surface area contributed by atoms with Crippen LogP contribution >= 0.6 is 12.2 Å². The number of carbonyl (C=O) groups is 2. The van der Waals surface area contributed by atoms with Crippen molar-refractivity contribution in [3.8, 4) is 0 Å². The molecule has 27 heavy (non-hydrogen) atoms. The molecule has 4 N–H and O–H groups in total. The number of rotatable bonds is 5. The Kier molecular flexibility index (Phi) is 8.35. The highest BCUT2D eigenvalue weighted by atomic mass is 32.1. The lowest BCUT2D eigenvalue weighted by Gasteiger charge is -2.20. The van der Waals surface area contributed by atoms with Crippen molar-refractivity contribution in [3.63, 3.8) is 0 Å². The molecule has 1 aromatic rings. The topological polar surface area (TPSA) is 91.5 Å². The third kappa shape index (κ3) is 8.63. The third-order valence-electron chi connectivity index (χ3n) is 3.21. The summed E-state index contributed by atoms with van der Waals surface area (Å²) >= 11 is 4.79. The second-order valence-corrected chi connectivity index (χ2v) is 7.06. The van der Waals surface area contributed by atoms with E-state index in [0.29, 0.717) is 5.69 Å². The van der Waals surface area contributed by atoms with Gasteiger partial charge in [-0.1, -0.05) is 12.1 Å². The monoisotopic (exact) mass is 402 g/mol. The highest BCUT2D eigenvalue weighted by Crippen LogP contribution is 2.28. The molecule has 150 valence electrons. The molecule has 7 nitrogen and oxygen atoms in total.